The van der Waals surface area contributed by atoms with E-state index < -0.39 is 97.5 Å². The van der Waals surface area contributed by atoms with Crippen molar-refractivity contribution < 1.29 is 80.2 Å². The lowest BCUT2D eigenvalue weighted by Gasteiger charge is -2.21. The first kappa shape index (κ1) is 105. The number of carbonyl (C=O) groups is 4. The fraction of sp³-hybridized carbons (Fsp3) is 0.955. The summed E-state index contributed by atoms with van der Waals surface area (Å²) < 4.78 is 69.0. The van der Waals surface area contributed by atoms with Crippen LogP contribution in [0.4, 0.5) is 0 Å². The van der Waals surface area contributed by atoms with Crippen molar-refractivity contribution in [2.75, 3.05) is 39.6 Å². The molecular weight excluding hydrogens is 1390 g/mol. The van der Waals surface area contributed by atoms with Crippen LogP contribution in [0.2, 0.25) is 0 Å². The molecule has 0 bridgehead atoms. The van der Waals surface area contributed by atoms with E-state index in [4.69, 9.17) is 37.0 Å². The molecule has 0 rings (SSSR count). The first-order valence-corrected chi connectivity index (χ1v) is 48.2. The van der Waals surface area contributed by atoms with E-state index >= 15 is 0 Å². The molecule has 0 amide bonds. The highest BCUT2D eigenvalue weighted by molar-refractivity contribution is 7.47. The van der Waals surface area contributed by atoms with Gasteiger partial charge in [-0.15, -0.1) is 0 Å². The highest BCUT2D eigenvalue weighted by Crippen LogP contribution is 2.45. The smallest absolute Gasteiger partial charge is 0.462 e. The molecule has 6 atom stereocenters. The second-order valence-corrected chi connectivity index (χ2v) is 36.2. The maximum Gasteiger partial charge on any atom is 0.472 e. The molecule has 3 N–H and O–H groups in total. The van der Waals surface area contributed by atoms with Gasteiger partial charge in [-0.25, -0.2) is 9.13 Å². The molecule has 0 saturated carbocycles. The Morgan fingerprint density at radius 1 is 0.262 bits per heavy atom. The number of rotatable bonds is 85. The van der Waals surface area contributed by atoms with Gasteiger partial charge in [0.15, 0.2) is 12.2 Å². The zero-order valence-corrected chi connectivity index (χ0v) is 72.6. The van der Waals surface area contributed by atoms with Crippen LogP contribution in [-0.2, 0) is 65.4 Å². The van der Waals surface area contributed by atoms with Gasteiger partial charge in [-0.1, -0.05) is 409 Å². The highest BCUT2D eigenvalue weighted by atomic mass is 31.2. The van der Waals surface area contributed by atoms with Crippen LogP contribution in [0.5, 0.6) is 0 Å². The van der Waals surface area contributed by atoms with E-state index in [1.165, 1.54) is 263 Å². The molecule has 17 nitrogen and oxygen atoms in total. The van der Waals surface area contributed by atoms with Crippen molar-refractivity contribution in [1.82, 2.24) is 0 Å². The number of ether oxygens (including phenoxy) is 4. The normalized spacial score (nSPS) is 14.1. The summed E-state index contributed by atoms with van der Waals surface area (Å²) in [7, 11) is -9.93. The van der Waals surface area contributed by atoms with Crippen molar-refractivity contribution >= 4 is 39.5 Å². The number of unbranched alkanes of at least 4 members (excludes halogenated alkanes) is 50. The maximum atomic E-state index is 13.2. The minimum atomic E-state index is -4.97. The largest absolute Gasteiger partial charge is 0.472 e. The molecule has 0 aromatic heterocycles. The Hall–Kier alpha value is -1.94. The van der Waals surface area contributed by atoms with Gasteiger partial charge in [0.1, 0.15) is 19.3 Å². The summed E-state index contributed by atoms with van der Waals surface area (Å²) in [5.41, 5.74) is 0. The van der Waals surface area contributed by atoms with Crippen LogP contribution in [-0.4, -0.2) is 96.7 Å². The summed E-state index contributed by atoms with van der Waals surface area (Å²) in [6, 6.07) is 0. The summed E-state index contributed by atoms with van der Waals surface area (Å²) in [4.78, 5) is 73.3. The lowest BCUT2D eigenvalue weighted by molar-refractivity contribution is -0.161. The monoisotopic (exact) mass is 1560 g/mol. The van der Waals surface area contributed by atoms with E-state index in [-0.39, 0.29) is 25.7 Å². The predicted octanol–water partition coefficient (Wildman–Crippen LogP) is 26.7. The molecule has 0 heterocycles. The van der Waals surface area contributed by atoms with Crippen LogP contribution in [0.3, 0.4) is 0 Å². The quantitative estimate of drug-likeness (QED) is 0.0222. The van der Waals surface area contributed by atoms with Gasteiger partial charge in [-0.3, -0.25) is 37.3 Å². The van der Waals surface area contributed by atoms with Crippen molar-refractivity contribution in [2.24, 2.45) is 23.7 Å². The van der Waals surface area contributed by atoms with Crippen molar-refractivity contribution in [2.45, 2.75) is 478 Å². The molecule has 0 spiro atoms. The first-order valence-electron chi connectivity index (χ1n) is 45.2. The van der Waals surface area contributed by atoms with Crippen molar-refractivity contribution in [3.63, 3.8) is 0 Å². The molecule has 0 aromatic rings. The third-order valence-corrected chi connectivity index (χ3v) is 22.8. The van der Waals surface area contributed by atoms with Gasteiger partial charge in [0.05, 0.1) is 26.4 Å². The Morgan fingerprint density at radius 2 is 0.449 bits per heavy atom. The van der Waals surface area contributed by atoms with E-state index in [1.807, 2.05) is 0 Å². The SMILES string of the molecule is CCC(C)CCCCCCCCCCCCCCCCC(=O)OC[C@H](COP(=O)(O)OC[C@@H](O)COP(=O)(O)OC[C@@H](COC(=O)CCCCCCCCCCCC(C)C)OC(=O)CCCCCCCCCCCCCCCC(C)C)OC(=O)CCCCCCCCCCCCCCCCCCCCC(C)C. The van der Waals surface area contributed by atoms with Gasteiger partial charge in [0.2, 0.25) is 0 Å². The van der Waals surface area contributed by atoms with E-state index in [2.05, 4.69) is 55.4 Å². The molecule has 0 aliphatic rings. The average Bonchev–Trinajstić information content (AvgIpc) is 0.905. The van der Waals surface area contributed by atoms with Crippen LogP contribution in [0, 0.1) is 23.7 Å². The Kier molecular flexibility index (Phi) is 75.3. The minimum absolute atomic E-state index is 0.107. The molecule has 3 unspecified atom stereocenters. The molecule has 0 radical (unpaired) electrons. The summed E-state index contributed by atoms with van der Waals surface area (Å²) in [6.45, 7) is 14.4. The molecule has 0 aliphatic heterocycles. The number of aliphatic hydroxyl groups is 1. The second kappa shape index (κ2) is 76.7. The molecule has 0 saturated heterocycles. The lowest BCUT2D eigenvalue weighted by atomic mass is 9.99. The van der Waals surface area contributed by atoms with Crippen molar-refractivity contribution in [3.8, 4) is 0 Å². The van der Waals surface area contributed by atoms with Crippen LogP contribution in [0.15, 0.2) is 0 Å². The molecule has 107 heavy (non-hydrogen) atoms. The molecule has 19 heteroatoms. The summed E-state index contributed by atoms with van der Waals surface area (Å²) in [5.74, 6) is 1.10. The zero-order valence-electron chi connectivity index (χ0n) is 70.8. The first-order chi connectivity index (χ1) is 51.6. The summed E-state index contributed by atoms with van der Waals surface area (Å²) >= 11 is 0. The molecule has 0 aliphatic carbocycles. The van der Waals surface area contributed by atoms with Crippen molar-refractivity contribution in [1.29, 1.82) is 0 Å². The van der Waals surface area contributed by atoms with E-state index in [9.17, 15) is 43.2 Å². The number of aliphatic hydroxyl groups excluding tert-OH is 1. The van der Waals surface area contributed by atoms with Crippen LogP contribution in [0.25, 0.3) is 0 Å². The number of hydrogen-bond donors (Lipinski definition) is 3. The van der Waals surface area contributed by atoms with E-state index in [0.717, 1.165) is 114 Å². The Morgan fingerprint density at radius 3 is 0.664 bits per heavy atom. The fourth-order valence-electron chi connectivity index (χ4n) is 13.6. The van der Waals surface area contributed by atoms with E-state index in [0.29, 0.717) is 25.7 Å². The van der Waals surface area contributed by atoms with Gasteiger partial charge in [0, 0.05) is 25.7 Å². The topological polar surface area (TPSA) is 237 Å². The number of phosphoric acid groups is 2. The number of phosphoric ester groups is 2. The number of carbonyl (C=O) groups excluding carboxylic acids is 4. The maximum absolute atomic E-state index is 13.2. The highest BCUT2D eigenvalue weighted by Gasteiger charge is 2.31. The fourth-order valence-corrected chi connectivity index (χ4v) is 15.2. The van der Waals surface area contributed by atoms with Crippen molar-refractivity contribution in [3.05, 3.63) is 0 Å². The number of hydrogen-bond acceptors (Lipinski definition) is 15. The van der Waals surface area contributed by atoms with Gasteiger partial charge in [-0.05, 0) is 49.4 Å². The Balaban J connectivity index is 5.26. The standard InChI is InChI=1S/C88H172O17P2/c1-9-81(8)67-59-51-43-35-27-21-16-17-22-28-36-44-52-60-68-85(90)98-74-83(104-87(92)70-62-54-46-37-29-23-15-13-11-10-12-14-19-25-32-40-48-56-64-78(2)3)76-102-106(94,95)100-72-82(89)73-101-107(96,97)103-77-84(75-99-86(91)69-61-53-45-39-31-34-42-50-58-66-80(6)7)105-88(93)71-63-55-47-38-30-24-18-20-26-33-41-49-57-65-79(4)5/h78-84,89H,9-77H2,1-8H3,(H,94,95)(H,96,97)/t81?,82-,83-,84-/m1/s1. The number of esters is 4. The average molecular weight is 1560 g/mol. The minimum Gasteiger partial charge on any atom is -0.462 e. The van der Waals surface area contributed by atoms with E-state index in [1.54, 1.807) is 0 Å². The third-order valence-electron chi connectivity index (χ3n) is 20.9. The lowest BCUT2D eigenvalue weighted by Crippen LogP contribution is -2.30. The van der Waals surface area contributed by atoms with Gasteiger partial charge < -0.3 is 33.8 Å². The van der Waals surface area contributed by atoms with Crippen LogP contribution in [0.1, 0.15) is 460 Å². The summed E-state index contributed by atoms with van der Waals surface area (Å²) in [6.07, 6.45) is 66.6. The molecule has 0 fully saturated rings. The van der Waals surface area contributed by atoms with Crippen LogP contribution >= 0.6 is 15.6 Å². The zero-order chi connectivity index (χ0) is 78.8. The summed E-state index contributed by atoms with van der Waals surface area (Å²) in [5, 5.41) is 10.7. The van der Waals surface area contributed by atoms with Gasteiger partial charge >= 0.3 is 39.5 Å². The molecule has 0 aromatic carbocycles. The Bertz CT molecular complexity index is 2080. The van der Waals surface area contributed by atoms with Crippen LogP contribution < -0.4 is 0 Å². The Labute approximate surface area is 658 Å². The molecular formula is C88H172O17P2. The van der Waals surface area contributed by atoms with Gasteiger partial charge in [0.25, 0.3) is 0 Å². The predicted molar refractivity (Wildman–Crippen MR) is 441 cm³/mol. The second-order valence-electron chi connectivity index (χ2n) is 33.3. The third kappa shape index (κ3) is 80.5. The van der Waals surface area contributed by atoms with Gasteiger partial charge in [-0.2, -0.15) is 0 Å². The molecule has 636 valence electrons.